The predicted octanol–water partition coefficient (Wildman–Crippen LogP) is 3.34. The SMILES string of the molecule is CC(C)(C)OC(=O)C1(NC(=O)c2cc(-c3ccccc3)no2)CCC1. The first-order chi connectivity index (χ1) is 11.8. The highest BCUT2D eigenvalue weighted by Gasteiger charge is 2.48. The molecule has 1 amide bonds. The van der Waals surface area contributed by atoms with E-state index in [0.29, 0.717) is 18.5 Å². The van der Waals surface area contributed by atoms with Crippen LogP contribution in [0.3, 0.4) is 0 Å². The minimum Gasteiger partial charge on any atom is -0.458 e. The number of esters is 1. The van der Waals surface area contributed by atoms with Gasteiger partial charge < -0.3 is 14.6 Å². The van der Waals surface area contributed by atoms with Crippen molar-refractivity contribution in [3.8, 4) is 11.3 Å². The molecule has 1 heterocycles. The van der Waals surface area contributed by atoms with Gasteiger partial charge in [0, 0.05) is 11.6 Å². The standard InChI is InChI=1S/C19H22N2O4/c1-18(2,3)24-17(23)19(10-7-11-19)20-16(22)15-12-14(21-25-15)13-8-5-4-6-9-13/h4-6,8-9,12H,7,10-11H2,1-3H3,(H,20,22). The van der Waals surface area contributed by atoms with E-state index in [0.717, 1.165) is 12.0 Å². The number of amides is 1. The Bertz CT molecular complexity index is 770. The van der Waals surface area contributed by atoms with Crippen molar-refractivity contribution in [3.05, 3.63) is 42.2 Å². The third-order valence-electron chi connectivity index (χ3n) is 4.15. The molecule has 1 saturated carbocycles. The third kappa shape index (κ3) is 3.73. The number of nitrogens with zero attached hydrogens (tertiary/aromatic N) is 1. The number of ether oxygens (including phenoxy) is 1. The summed E-state index contributed by atoms with van der Waals surface area (Å²) in [5.74, 6) is -0.781. The minimum atomic E-state index is -0.968. The number of nitrogens with one attached hydrogen (secondary N) is 1. The molecule has 0 aliphatic heterocycles. The van der Waals surface area contributed by atoms with Crippen LogP contribution in [0.25, 0.3) is 11.3 Å². The van der Waals surface area contributed by atoms with Crippen molar-refractivity contribution in [1.82, 2.24) is 10.5 Å². The second-order valence-electron chi connectivity index (χ2n) is 7.33. The zero-order chi connectivity index (χ0) is 18.1. The summed E-state index contributed by atoms with van der Waals surface area (Å²) in [7, 11) is 0. The molecule has 1 aromatic heterocycles. The van der Waals surface area contributed by atoms with Crippen LogP contribution in [0.2, 0.25) is 0 Å². The molecule has 1 aliphatic carbocycles. The van der Waals surface area contributed by atoms with Crippen LogP contribution in [-0.4, -0.2) is 28.2 Å². The number of carbonyl (C=O) groups is 2. The highest BCUT2D eigenvalue weighted by atomic mass is 16.6. The molecule has 1 fully saturated rings. The van der Waals surface area contributed by atoms with Crippen molar-refractivity contribution in [2.24, 2.45) is 0 Å². The molecule has 0 atom stereocenters. The zero-order valence-electron chi connectivity index (χ0n) is 14.7. The van der Waals surface area contributed by atoms with E-state index in [4.69, 9.17) is 9.26 Å². The fourth-order valence-corrected chi connectivity index (χ4v) is 2.69. The molecule has 0 saturated heterocycles. The lowest BCUT2D eigenvalue weighted by atomic mass is 9.76. The molecular weight excluding hydrogens is 320 g/mol. The summed E-state index contributed by atoms with van der Waals surface area (Å²) < 4.78 is 10.6. The molecule has 3 rings (SSSR count). The van der Waals surface area contributed by atoms with Crippen LogP contribution in [-0.2, 0) is 9.53 Å². The van der Waals surface area contributed by atoms with E-state index < -0.39 is 23.0 Å². The average Bonchev–Trinajstić information content (AvgIpc) is 3.00. The Kier molecular flexibility index (Phi) is 4.37. The second kappa shape index (κ2) is 6.35. The number of hydrogen-bond acceptors (Lipinski definition) is 5. The van der Waals surface area contributed by atoms with E-state index in [-0.39, 0.29) is 5.76 Å². The van der Waals surface area contributed by atoms with Crippen molar-refractivity contribution < 1.29 is 18.8 Å². The second-order valence-corrected chi connectivity index (χ2v) is 7.33. The van der Waals surface area contributed by atoms with Gasteiger partial charge in [-0.05, 0) is 40.0 Å². The average molecular weight is 342 g/mol. The Hall–Kier alpha value is -2.63. The number of aromatic nitrogens is 1. The fraction of sp³-hybridized carbons (Fsp3) is 0.421. The van der Waals surface area contributed by atoms with E-state index in [1.54, 1.807) is 6.07 Å². The van der Waals surface area contributed by atoms with Crippen LogP contribution in [0.15, 0.2) is 40.9 Å². The van der Waals surface area contributed by atoms with Gasteiger partial charge in [0.2, 0.25) is 5.76 Å². The maximum Gasteiger partial charge on any atom is 0.332 e. The molecule has 25 heavy (non-hydrogen) atoms. The van der Waals surface area contributed by atoms with Gasteiger partial charge in [0.25, 0.3) is 5.91 Å². The molecule has 1 aromatic carbocycles. The van der Waals surface area contributed by atoms with Gasteiger partial charge >= 0.3 is 5.97 Å². The number of hydrogen-bond donors (Lipinski definition) is 1. The van der Waals surface area contributed by atoms with Gasteiger partial charge in [-0.3, -0.25) is 4.79 Å². The Labute approximate surface area is 146 Å². The lowest BCUT2D eigenvalue weighted by Gasteiger charge is -2.41. The molecular formula is C19H22N2O4. The summed E-state index contributed by atoms with van der Waals surface area (Å²) >= 11 is 0. The van der Waals surface area contributed by atoms with Crippen LogP contribution in [0.4, 0.5) is 0 Å². The first-order valence-electron chi connectivity index (χ1n) is 8.37. The zero-order valence-corrected chi connectivity index (χ0v) is 14.7. The highest BCUT2D eigenvalue weighted by Crippen LogP contribution is 2.34. The van der Waals surface area contributed by atoms with Crippen LogP contribution in [0.5, 0.6) is 0 Å². The van der Waals surface area contributed by atoms with E-state index in [1.165, 1.54) is 0 Å². The minimum absolute atomic E-state index is 0.0775. The number of carbonyl (C=O) groups excluding carboxylic acids is 2. The van der Waals surface area contributed by atoms with Crippen LogP contribution in [0, 0.1) is 0 Å². The van der Waals surface area contributed by atoms with E-state index in [9.17, 15) is 9.59 Å². The van der Waals surface area contributed by atoms with Crippen molar-refractivity contribution in [2.75, 3.05) is 0 Å². The molecule has 6 nitrogen and oxygen atoms in total. The van der Waals surface area contributed by atoms with Gasteiger partial charge in [0.1, 0.15) is 16.8 Å². The molecule has 2 aromatic rings. The maximum atomic E-state index is 12.5. The summed E-state index contributed by atoms with van der Waals surface area (Å²) in [4.78, 5) is 25.0. The summed E-state index contributed by atoms with van der Waals surface area (Å²) in [6, 6.07) is 11.0. The molecule has 0 spiro atoms. The Morgan fingerprint density at radius 3 is 2.44 bits per heavy atom. The molecule has 1 aliphatic rings. The lowest BCUT2D eigenvalue weighted by Crippen LogP contribution is -2.60. The summed E-state index contributed by atoms with van der Waals surface area (Å²) in [5, 5.41) is 6.72. The first kappa shape index (κ1) is 17.2. The van der Waals surface area contributed by atoms with Gasteiger partial charge in [-0.2, -0.15) is 0 Å². The first-order valence-corrected chi connectivity index (χ1v) is 8.37. The van der Waals surface area contributed by atoms with Crippen molar-refractivity contribution in [3.63, 3.8) is 0 Å². The smallest absolute Gasteiger partial charge is 0.332 e. The normalized spacial score (nSPS) is 16.0. The summed E-state index contributed by atoms with van der Waals surface area (Å²) in [6.45, 7) is 5.42. The Morgan fingerprint density at radius 1 is 1.20 bits per heavy atom. The quantitative estimate of drug-likeness (QED) is 0.862. The van der Waals surface area contributed by atoms with Gasteiger partial charge in [0.15, 0.2) is 0 Å². The number of benzene rings is 1. The van der Waals surface area contributed by atoms with E-state index >= 15 is 0 Å². The van der Waals surface area contributed by atoms with Crippen molar-refractivity contribution >= 4 is 11.9 Å². The van der Waals surface area contributed by atoms with Crippen molar-refractivity contribution in [2.45, 2.75) is 51.2 Å². The monoisotopic (exact) mass is 342 g/mol. The molecule has 0 bridgehead atoms. The number of rotatable bonds is 4. The molecule has 0 unspecified atom stereocenters. The highest BCUT2D eigenvalue weighted by molar-refractivity contribution is 5.97. The van der Waals surface area contributed by atoms with Gasteiger partial charge in [0.05, 0.1) is 0 Å². The van der Waals surface area contributed by atoms with E-state index in [2.05, 4.69) is 10.5 Å². The lowest BCUT2D eigenvalue weighted by molar-refractivity contribution is -0.166. The van der Waals surface area contributed by atoms with Gasteiger partial charge in [-0.15, -0.1) is 0 Å². The Morgan fingerprint density at radius 2 is 1.88 bits per heavy atom. The van der Waals surface area contributed by atoms with Crippen LogP contribution < -0.4 is 5.32 Å². The molecule has 6 heteroatoms. The van der Waals surface area contributed by atoms with Gasteiger partial charge in [-0.1, -0.05) is 35.5 Å². The maximum absolute atomic E-state index is 12.5. The summed E-state index contributed by atoms with van der Waals surface area (Å²) in [5.41, 5.74) is -0.136. The topological polar surface area (TPSA) is 81.4 Å². The van der Waals surface area contributed by atoms with E-state index in [1.807, 2.05) is 51.1 Å². The summed E-state index contributed by atoms with van der Waals surface area (Å²) in [6.07, 6.45) is 1.99. The molecule has 0 radical (unpaired) electrons. The fourth-order valence-electron chi connectivity index (χ4n) is 2.69. The molecule has 132 valence electrons. The largest absolute Gasteiger partial charge is 0.458 e. The molecule has 1 N–H and O–H groups in total. The Balaban J connectivity index is 1.73. The van der Waals surface area contributed by atoms with Crippen LogP contribution >= 0.6 is 0 Å². The van der Waals surface area contributed by atoms with Crippen molar-refractivity contribution in [1.29, 1.82) is 0 Å². The predicted molar refractivity (Wildman–Crippen MR) is 91.8 cm³/mol. The third-order valence-corrected chi connectivity index (χ3v) is 4.15. The van der Waals surface area contributed by atoms with Crippen LogP contribution in [0.1, 0.15) is 50.6 Å². The van der Waals surface area contributed by atoms with Gasteiger partial charge in [-0.25, -0.2) is 4.79 Å².